The normalized spacial score (nSPS) is 12.6. The number of carbonyl (C=O) groups is 2. The van der Waals surface area contributed by atoms with E-state index in [2.05, 4.69) is 4.74 Å². The largest absolute Gasteiger partial charge is 0.480 e. The average Bonchev–Trinajstić information content (AvgIpc) is 2.38. The van der Waals surface area contributed by atoms with Gasteiger partial charge in [-0.1, -0.05) is 30.3 Å². The summed E-state index contributed by atoms with van der Waals surface area (Å²) in [4.78, 5) is 20.1. The molecule has 1 aromatic rings. The molecule has 0 aromatic heterocycles. The van der Waals surface area contributed by atoms with E-state index in [1.54, 1.807) is 31.2 Å². The second-order valence-electron chi connectivity index (χ2n) is 3.35. The standard InChI is InChI=1S/C9H10ClNO2.C3H5ClO2/c10-7(8(11)9(12)13)6-4-2-1-3-5-6;1-2-6-3(4)5/h1-5,7-8H,11H2,(H,12,13);2H2,1H3. The van der Waals surface area contributed by atoms with E-state index in [1.807, 2.05) is 6.07 Å². The van der Waals surface area contributed by atoms with Crippen LogP contribution in [0.5, 0.6) is 0 Å². The highest BCUT2D eigenvalue weighted by Gasteiger charge is 2.22. The van der Waals surface area contributed by atoms with Crippen LogP contribution in [0.25, 0.3) is 0 Å². The number of ether oxygens (including phenoxy) is 1. The van der Waals surface area contributed by atoms with Gasteiger partial charge in [-0.3, -0.25) is 4.79 Å². The first-order chi connectivity index (χ1) is 8.90. The van der Waals surface area contributed by atoms with Crippen LogP contribution in [-0.2, 0) is 9.53 Å². The van der Waals surface area contributed by atoms with E-state index in [4.69, 9.17) is 34.0 Å². The van der Waals surface area contributed by atoms with Gasteiger partial charge in [0.1, 0.15) is 6.04 Å². The highest BCUT2D eigenvalue weighted by atomic mass is 35.5. The molecule has 19 heavy (non-hydrogen) atoms. The first kappa shape index (κ1) is 17.7. The number of carbonyl (C=O) groups excluding carboxylic acids is 1. The van der Waals surface area contributed by atoms with Crippen molar-refractivity contribution in [2.45, 2.75) is 18.3 Å². The summed E-state index contributed by atoms with van der Waals surface area (Å²) in [7, 11) is 0. The first-order valence-corrected chi connectivity index (χ1v) is 6.21. The van der Waals surface area contributed by atoms with Crippen LogP contribution in [0, 0.1) is 0 Å². The molecule has 7 heteroatoms. The average molecular weight is 308 g/mol. The van der Waals surface area contributed by atoms with Gasteiger partial charge in [0, 0.05) is 11.6 Å². The molecule has 0 aliphatic rings. The lowest BCUT2D eigenvalue weighted by Gasteiger charge is -2.13. The van der Waals surface area contributed by atoms with Crippen LogP contribution in [0.2, 0.25) is 0 Å². The maximum absolute atomic E-state index is 10.5. The van der Waals surface area contributed by atoms with Crippen molar-refractivity contribution in [3.8, 4) is 0 Å². The lowest BCUT2D eigenvalue weighted by Crippen LogP contribution is -2.34. The van der Waals surface area contributed by atoms with E-state index in [0.29, 0.717) is 6.61 Å². The van der Waals surface area contributed by atoms with Gasteiger partial charge in [0.05, 0.1) is 12.0 Å². The Balaban J connectivity index is 0.000000459. The number of carboxylic acid groups (broad SMARTS) is 1. The van der Waals surface area contributed by atoms with Gasteiger partial charge in [-0.15, -0.1) is 11.6 Å². The summed E-state index contributed by atoms with van der Waals surface area (Å²) in [5.74, 6) is -1.09. The molecule has 1 aromatic carbocycles. The Morgan fingerprint density at radius 2 is 1.89 bits per heavy atom. The quantitative estimate of drug-likeness (QED) is 0.659. The van der Waals surface area contributed by atoms with Crippen LogP contribution in [-0.4, -0.2) is 29.2 Å². The minimum absolute atomic E-state index is 0.350. The van der Waals surface area contributed by atoms with Gasteiger partial charge < -0.3 is 15.6 Å². The van der Waals surface area contributed by atoms with Crippen molar-refractivity contribution in [3.05, 3.63) is 35.9 Å². The fraction of sp³-hybridized carbons (Fsp3) is 0.333. The van der Waals surface area contributed by atoms with E-state index in [1.165, 1.54) is 0 Å². The summed E-state index contributed by atoms with van der Waals surface area (Å²) in [6, 6.07) is 7.85. The van der Waals surface area contributed by atoms with E-state index >= 15 is 0 Å². The summed E-state index contributed by atoms with van der Waals surface area (Å²) in [6.07, 6.45) is 0. The number of hydrogen-bond acceptors (Lipinski definition) is 4. The van der Waals surface area contributed by atoms with Crippen molar-refractivity contribution in [2.75, 3.05) is 6.61 Å². The van der Waals surface area contributed by atoms with Crippen LogP contribution < -0.4 is 5.73 Å². The predicted molar refractivity (Wildman–Crippen MR) is 73.5 cm³/mol. The van der Waals surface area contributed by atoms with Gasteiger partial charge >= 0.3 is 11.4 Å². The van der Waals surface area contributed by atoms with Crippen molar-refractivity contribution >= 4 is 34.6 Å². The molecular weight excluding hydrogens is 293 g/mol. The maximum atomic E-state index is 10.5. The molecule has 0 heterocycles. The van der Waals surface area contributed by atoms with Gasteiger partial charge in [0.2, 0.25) is 0 Å². The third kappa shape index (κ3) is 7.66. The number of rotatable bonds is 4. The molecule has 106 valence electrons. The zero-order valence-corrected chi connectivity index (χ0v) is 11.8. The number of carboxylic acids is 1. The third-order valence-corrected chi connectivity index (χ3v) is 2.61. The van der Waals surface area contributed by atoms with Gasteiger partial charge in [0.25, 0.3) is 0 Å². The monoisotopic (exact) mass is 307 g/mol. The lowest BCUT2D eigenvalue weighted by molar-refractivity contribution is -0.138. The Hall–Kier alpha value is -1.30. The van der Waals surface area contributed by atoms with Crippen LogP contribution in [0.15, 0.2) is 30.3 Å². The van der Waals surface area contributed by atoms with Crippen molar-refractivity contribution in [3.63, 3.8) is 0 Å². The molecule has 0 amide bonds. The fourth-order valence-electron chi connectivity index (χ4n) is 1.08. The fourth-order valence-corrected chi connectivity index (χ4v) is 1.45. The maximum Gasteiger partial charge on any atom is 0.403 e. The molecule has 0 spiro atoms. The van der Waals surface area contributed by atoms with E-state index in [0.717, 1.165) is 5.56 Å². The van der Waals surface area contributed by atoms with E-state index in [-0.39, 0.29) is 0 Å². The second kappa shape index (κ2) is 9.61. The summed E-state index contributed by atoms with van der Waals surface area (Å²) in [5.41, 5.74) is 5.34. The predicted octanol–water partition coefficient (Wildman–Crippen LogP) is 2.76. The highest BCUT2D eigenvalue weighted by molar-refractivity contribution is 6.61. The van der Waals surface area contributed by atoms with Gasteiger partial charge in [-0.2, -0.15) is 0 Å². The van der Waals surface area contributed by atoms with Gasteiger partial charge in [-0.05, 0) is 12.5 Å². The van der Waals surface area contributed by atoms with Crippen LogP contribution >= 0.6 is 23.2 Å². The molecule has 2 unspecified atom stereocenters. The zero-order valence-electron chi connectivity index (χ0n) is 10.3. The molecule has 0 saturated heterocycles. The summed E-state index contributed by atoms with van der Waals surface area (Å²) in [6.45, 7) is 2.04. The van der Waals surface area contributed by atoms with E-state index < -0.39 is 22.8 Å². The summed E-state index contributed by atoms with van der Waals surface area (Å²) in [5, 5.41) is 7.92. The van der Waals surface area contributed by atoms with Crippen molar-refractivity contribution < 1.29 is 19.4 Å². The third-order valence-electron chi connectivity index (χ3n) is 1.98. The molecule has 5 nitrogen and oxygen atoms in total. The minimum Gasteiger partial charge on any atom is -0.480 e. The molecule has 0 aliphatic carbocycles. The molecule has 0 aliphatic heterocycles. The summed E-state index contributed by atoms with van der Waals surface area (Å²) >= 11 is 10.6. The number of aliphatic carboxylic acids is 1. The molecule has 0 fully saturated rings. The number of benzene rings is 1. The lowest BCUT2D eigenvalue weighted by atomic mass is 10.1. The van der Waals surface area contributed by atoms with Crippen molar-refractivity contribution in [2.24, 2.45) is 5.73 Å². The van der Waals surface area contributed by atoms with Crippen LogP contribution in [0.4, 0.5) is 4.79 Å². The molecule has 2 atom stereocenters. The topological polar surface area (TPSA) is 89.6 Å². The minimum atomic E-state index is -1.09. The molecule has 0 saturated carbocycles. The van der Waals surface area contributed by atoms with E-state index in [9.17, 15) is 9.59 Å². The number of alkyl halides is 1. The second-order valence-corrected chi connectivity index (χ2v) is 4.13. The molecular formula is C12H15Cl2NO4. The molecule has 1 rings (SSSR count). The van der Waals surface area contributed by atoms with Crippen molar-refractivity contribution in [1.82, 2.24) is 0 Å². The van der Waals surface area contributed by atoms with Crippen LogP contribution in [0.3, 0.4) is 0 Å². The zero-order chi connectivity index (χ0) is 14.8. The smallest absolute Gasteiger partial charge is 0.403 e. The molecule has 0 radical (unpaired) electrons. The highest BCUT2D eigenvalue weighted by Crippen LogP contribution is 2.22. The number of halogens is 2. The number of hydrogen-bond donors (Lipinski definition) is 2. The number of nitrogens with two attached hydrogens (primary N) is 1. The van der Waals surface area contributed by atoms with Crippen LogP contribution in [0.1, 0.15) is 17.9 Å². The van der Waals surface area contributed by atoms with Gasteiger partial charge in [-0.25, -0.2) is 4.79 Å². The summed E-state index contributed by atoms with van der Waals surface area (Å²) < 4.78 is 4.17. The molecule has 0 bridgehead atoms. The van der Waals surface area contributed by atoms with Gasteiger partial charge in [0.15, 0.2) is 0 Å². The Morgan fingerprint density at radius 1 is 1.37 bits per heavy atom. The Morgan fingerprint density at radius 3 is 2.21 bits per heavy atom. The van der Waals surface area contributed by atoms with Crippen molar-refractivity contribution in [1.29, 1.82) is 0 Å². The molecule has 3 N–H and O–H groups in total. The SMILES string of the molecule is CCOC(=O)Cl.NC(C(=O)O)C(Cl)c1ccccc1. The Kier molecular flexibility index (Phi) is 8.95. The first-order valence-electron chi connectivity index (χ1n) is 5.39. The Bertz CT molecular complexity index is 400. The Labute approximate surface area is 121 Å².